The molecule has 0 aliphatic carbocycles. The van der Waals surface area contributed by atoms with Crippen LogP contribution in [-0.2, 0) is 9.59 Å². The van der Waals surface area contributed by atoms with E-state index in [0.29, 0.717) is 13.0 Å². The number of hydrogen-bond acceptors (Lipinski definition) is 4. The van der Waals surface area contributed by atoms with Crippen molar-refractivity contribution >= 4 is 40.6 Å². The first-order valence-electron chi connectivity index (χ1n) is 10.7. The lowest BCUT2D eigenvalue weighted by Crippen LogP contribution is -2.37. The molecule has 0 fully saturated rings. The molecule has 0 radical (unpaired) electrons. The third-order valence-electron chi connectivity index (χ3n) is 5.63. The first-order valence-corrected chi connectivity index (χ1v) is 11.5. The second-order valence-electron chi connectivity index (χ2n) is 8.00. The topological polar surface area (TPSA) is 52.7 Å². The second-order valence-corrected chi connectivity index (χ2v) is 9.09. The highest BCUT2D eigenvalue weighted by Gasteiger charge is 2.24. The van der Waals surface area contributed by atoms with Crippen LogP contribution in [0.4, 0.5) is 17.1 Å². The first kappa shape index (κ1) is 22.0. The number of amides is 2. The number of benzene rings is 3. The zero-order valence-corrected chi connectivity index (χ0v) is 19.4. The van der Waals surface area contributed by atoms with Gasteiger partial charge in [-0.3, -0.25) is 9.59 Å². The molecule has 0 atom stereocenters. The summed E-state index contributed by atoms with van der Waals surface area (Å²) in [5, 5.41) is 2.95. The number of likely N-dealkylation sites (N-methyl/N-ethyl adjacent to an activating group) is 1. The summed E-state index contributed by atoms with van der Waals surface area (Å²) in [4.78, 5) is 31.5. The molecule has 1 aliphatic heterocycles. The number of hydrogen-bond donors (Lipinski definition) is 1. The van der Waals surface area contributed by atoms with Gasteiger partial charge in [0.15, 0.2) is 0 Å². The van der Waals surface area contributed by atoms with Crippen molar-refractivity contribution in [3.8, 4) is 0 Å². The van der Waals surface area contributed by atoms with Gasteiger partial charge in [0.2, 0.25) is 11.8 Å². The van der Waals surface area contributed by atoms with E-state index in [2.05, 4.69) is 34.5 Å². The van der Waals surface area contributed by atoms with Gasteiger partial charge in [-0.1, -0.05) is 54.2 Å². The lowest BCUT2D eigenvalue weighted by molar-refractivity contribution is -0.133. The predicted octanol–water partition coefficient (Wildman–Crippen LogP) is 5.39. The Morgan fingerprint density at radius 2 is 1.44 bits per heavy atom. The summed E-state index contributed by atoms with van der Waals surface area (Å²) < 4.78 is 0. The average Bonchev–Trinajstić information content (AvgIpc) is 2.79. The molecule has 1 aliphatic rings. The minimum Gasteiger partial charge on any atom is -0.339 e. The molecule has 32 heavy (non-hydrogen) atoms. The number of para-hydroxylation sites is 3. The maximum atomic E-state index is 12.8. The van der Waals surface area contributed by atoms with Crippen LogP contribution in [0.3, 0.4) is 0 Å². The largest absolute Gasteiger partial charge is 0.339 e. The van der Waals surface area contributed by atoms with E-state index in [4.69, 9.17) is 0 Å². The van der Waals surface area contributed by atoms with Gasteiger partial charge in [-0.25, -0.2) is 0 Å². The average molecular weight is 446 g/mol. The van der Waals surface area contributed by atoms with Crippen molar-refractivity contribution in [2.24, 2.45) is 0 Å². The van der Waals surface area contributed by atoms with E-state index in [1.54, 1.807) is 18.8 Å². The molecule has 3 aromatic carbocycles. The quantitative estimate of drug-likeness (QED) is 0.552. The molecule has 0 aromatic heterocycles. The highest BCUT2D eigenvalue weighted by molar-refractivity contribution is 7.99. The van der Waals surface area contributed by atoms with Gasteiger partial charge < -0.3 is 15.1 Å². The normalized spacial score (nSPS) is 12.0. The Balaban J connectivity index is 1.40. The van der Waals surface area contributed by atoms with Gasteiger partial charge in [-0.15, -0.1) is 0 Å². The van der Waals surface area contributed by atoms with E-state index >= 15 is 0 Å². The van der Waals surface area contributed by atoms with Gasteiger partial charge in [0, 0.05) is 35.5 Å². The van der Waals surface area contributed by atoms with E-state index in [1.807, 2.05) is 56.3 Å². The Bertz CT molecular complexity index is 1100. The highest BCUT2D eigenvalue weighted by atomic mass is 32.2. The number of nitrogens with one attached hydrogen (secondary N) is 1. The molecule has 0 spiro atoms. The van der Waals surface area contributed by atoms with Gasteiger partial charge in [0.1, 0.15) is 0 Å². The number of nitrogens with zero attached hydrogens (tertiary/aromatic N) is 2. The molecule has 5 nitrogen and oxygen atoms in total. The van der Waals surface area contributed by atoms with Gasteiger partial charge in [-0.05, 0) is 49.2 Å². The summed E-state index contributed by atoms with van der Waals surface area (Å²) in [6.07, 6.45) is 0.320. The smallest absolute Gasteiger partial charge is 0.243 e. The van der Waals surface area contributed by atoms with Crippen LogP contribution in [0.1, 0.15) is 17.5 Å². The van der Waals surface area contributed by atoms with Crippen LogP contribution in [-0.4, -0.2) is 36.9 Å². The fourth-order valence-corrected chi connectivity index (χ4v) is 5.01. The molecule has 4 rings (SSSR count). The number of rotatable bonds is 6. The van der Waals surface area contributed by atoms with Crippen molar-refractivity contribution in [1.29, 1.82) is 0 Å². The Morgan fingerprint density at radius 1 is 0.875 bits per heavy atom. The number of anilines is 3. The lowest BCUT2D eigenvalue weighted by Gasteiger charge is -2.33. The Kier molecular flexibility index (Phi) is 6.51. The van der Waals surface area contributed by atoms with Crippen LogP contribution in [0, 0.1) is 13.8 Å². The van der Waals surface area contributed by atoms with Crippen LogP contribution in [0.25, 0.3) is 0 Å². The summed E-state index contributed by atoms with van der Waals surface area (Å²) in [5.74, 6) is -0.252. The summed E-state index contributed by atoms with van der Waals surface area (Å²) in [5.41, 5.74) is 5.05. The fourth-order valence-electron chi connectivity index (χ4n) is 3.91. The molecular formula is C26H27N3O2S. The van der Waals surface area contributed by atoms with Crippen LogP contribution in [0.5, 0.6) is 0 Å². The fraction of sp³-hybridized carbons (Fsp3) is 0.231. The first-order chi connectivity index (χ1) is 15.4. The van der Waals surface area contributed by atoms with E-state index in [9.17, 15) is 9.59 Å². The van der Waals surface area contributed by atoms with Gasteiger partial charge in [0.25, 0.3) is 0 Å². The third kappa shape index (κ3) is 4.65. The summed E-state index contributed by atoms with van der Waals surface area (Å²) in [6, 6.07) is 22.4. The molecule has 0 bridgehead atoms. The van der Waals surface area contributed by atoms with E-state index in [1.165, 1.54) is 14.7 Å². The van der Waals surface area contributed by atoms with Crippen LogP contribution in [0.15, 0.2) is 76.5 Å². The summed E-state index contributed by atoms with van der Waals surface area (Å²) in [6.45, 7) is 4.50. The molecule has 3 aromatic rings. The molecule has 0 unspecified atom stereocenters. The maximum absolute atomic E-state index is 12.8. The minimum atomic E-state index is -0.191. The van der Waals surface area contributed by atoms with Crippen LogP contribution >= 0.6 is 11.8 Å². The number of fused-ring (bicyclic) bond motifs is 2. The van der Waals surface area contributed by atoms with Crippen molar-refractivity contribution in [1.82, 2.24) is 4.90 Å². The van der Waals surface area contributed by atoms with E-state index < -0.39 is 0 Å². The van der Waals surface area contributed by atoms with Crippen molar-refractivity contribution in [3.63, 3.8) is 0 Å². The zero-order valence-electron chi connectivity index (χ0n) is 18.6. The van der Waals surface area contributed by atoms with Crippen molar-refractivity contribution in [2.45, 2.75) is 30.1 Å². The summed E-state index contributed by atoms with van der Waals surface area (Å²) >= 11 is 1.75. The molecule has 0 saturated carbocycles. The second kappa shape index (κ2) is 9.49. The number of carbonyl (C=O) groups is 2. The molecule has 164 valence electrons. The van der Waals surface area contributed by atoms with Crippen LogP contribution in [0.2, 0.25) is 0 Å². The van der Waals surface area contributed by atoms with Gasteiger partial charge >= 0.3 is 0 Å². The molecule has 0 saturated heterocycles. The van der Waals surface area contributed by atoms with Crippen molar-refractivity contribution in [3.05, 3.63) is 77.9 Å². The van der Waals surface area contributed by atoms with Crippen LogP contribution < -0.4 is 10.2 Å². The molecule has 1 heterocycles. The lowest BCUT2D eigenvalue weighted by atomic mass is 10.1. The number of carbonyl (C=O) groups excluding carboxylic acids is 2. The monoisotopic (exact) mass is 445 g/mol. The van der Waals surface area contributed by atoms with E-state index in [-0.39, 0.29) is 18.4 Å². The Labute approximate surface area is 193 Å². The SMILES string of the molecule is Cc1cccc(C)c1NC(=O)CN(C)C(=O)CCN1c2ccccc2Sc2ccccc21. The maximum Gasteiger partial charge on any atom is 0.243 e. The molecular weight excluding hydrogens is 418 g/mol. The van der Waals surface area contributed by atoms with Gasteiger partial charge in [-0.2, -0.15) is 0 Å². The van der Waals surface area contributed by atoms with Crippen molar-refractivity contribution in [2.75, 3.05) is 30.4 Å². The highest BCUT2D eigenvalue weighted by Crippen LogP contribution is 2.47. The summed E-state index contributed by atoms with van der Waals surface area (Å²) in [7, 11) is 1.68. The zero-order chi connectivity index (χ0) is 22.7. The third-order valence-corrected chi connectivity index (χ3v) is 6.76. The molecule has 6 heteroatoms. The number of aryl methyl sites for hydroxylation is 2. The van der Waals surface area contributed by atoms with E-state index in [0.717, 1.165) is 28.2 Å². The Morgan fingerprint density at radius 3 is 2.03 bits per heavy atom. The molecule has 1 N–H and O–H groups in total. The standard InChI is InChI=1S/C26H27N3O2S/c1-18-9-8-10-19(2)26(18)27-24(30)17-28(3)25(31)15-16-29-20-11-4-6-13-22(20)32-23-14-7-5-12-21(23)29/h4-14H,15-17H2,1-3H3,(H,27,30). The van der Waals surface area contributed by atoms with Gasteiger partial charge in [0.05, 0.1) is 17.9 Å². The minimum absolute atomic E-state index is 0.0234. The Hall–Kier alpha value is -3.25. The predicted molar refractivity (Wildman–Crippen MR) is 131 cm³/mol. The molecule has 2 amide bonds. The van der Waals surface area contributed by atoms with Crippen molar-refractivity contribution < 1.29 is 9.59 Å².